The molecule has 4 fully saturated rings. The number of aliphatic hydroxyl groups is 1. The molecule has 7 atom stereocenters. The summed E-state index contributed by atoms with van der Waals surface area (Å²) < 4.78 is 0. The minimum absolute atomic E-state index is 0.0125. The lowest BCUT2D eigenvalue weighted by atomic mass is 9.36. The van der Waals surface area contributed by atoms with E-state index in [-0.39, 0.29) is 22.3 Å². The van der Waals surface area contributed by atoms with Crippen LogP contribution in [0.1, 0.15) is 113 Å². The van der Waals surface area contributed by atoms with Crippen molar-refractivity contribution in [3.63, 3.8) is 0 Å². The maximum absolute atomic E-state index is 10.9. The Morgan fingerprint density at radius 1 is 0.742 bits per heavy atom. The third-order valence-electron chi connectivity index (χ3n) is 12.4. The fourth-order valence-corrected chi connectivity index (χ4v) is 9.81. The van der Waals surface area contributed by atoms with Crippen LogP contribution in [0.25, 0.3) is 0 Å². The molecule has 0 aromatic carbocycles. The molecular weight excluding hydrogens is 376 g/mol. The molecule has 5 aliphatic carbocycles. The van der Waals surface area contributed by atoms with Crippen molar-refractivity contribution in [2.45, 2.75) is 119 Å². The standard InChI is InChI=1S/C30H48O/c1-25(2)15-16-27(5)17-18-29(7)20(21(27)19-25)9-10-23-28(6)13-12-24(31)26(3,4)22(28)11-14-30(23,29)8/h9-10,21-22,24,31H,11-19H2,1-8H3/t21-,22-,24-,27+,28+,29-,30-/m0/s1. The minimum atomic E-state index is -0.152. The van der Waals surface area contributed by atoms with Gasteiger partial charge in [-0.3, -0.25) is 0 Å². The van der Waals surface area contributed by atoms with Gasteiger partial charge in [0.15, 0.2) is 0 Å². The Labute approximate surface area is 192 Å². The molecule has 0 unspecified atom stereocenters. The average Bonchev–Trinajstić information content (AvgIpc) is 2.67. The van der Waals surface area contributed by atoms with Gasteiger partial charge >= 0.3 is 0 Å². The lowest BCUT2D eigenvalue weighted by Gasteiger charge is -2.68. The van der Waals surface area contributed by atoms with Crippen molar-refractivity contribution in [1.82, 2.24) is 0 Å². The summed E-state index contributed by atoms with van der Waals surface area (Å²) in [4.78, 5) is 0. The zero-order chi connectivity index (χ0) is 22.7. The number of hydrogen-bond donors (Lipinski definition) is 1. The number of allylic oxidation sites excluding steroid dienone is 4. The molecule has 0 radical (unpaired) electrons. The van der Waals surface area contributed by atoms with E-state index in [1.165, 1.54) is 44.9 Å². The van der Waals surface area contributed by atoms with E-state index in [9.17, 15) is 5.11 Å². The first-order valence-electron chi connectivity index (χ1n) is 13.3. The Hall–Kier alpha value is -0.560. The van der Waals surface area contributed by atoms with Crippen molar-refractivity contribution in [2.75, 3.05) is 0 Å². The van der Waals surface area contributed by atoms with Crippen molar-refractivity contribution < 1.29 is 5.11 Å². The van der Waals surface area contributed by atoms with Gasteiger partial charge in [0.2, 0.25) is 0 Å². The van der Waals surface area contributed by atoms with Crippen molar-refractivity contribution in [1.29, 1.82) is 0 Å². The van der Waals surface area contributed by atoms with Gasteiger partial charge in [0, 0.05) is 0 Å². The average molecular weight is 425 g/mol. The highest BCUT2D eigenvalue weighted by molar-refractivity contribution is 5.45. The van der Waals surface area contributed by atoms with E-state index >= 15 is 0 Å². The zero-order valence-electron chi connectivity index (χ0n) is 21.7. The molecule has 1 heteroatoms. The highest BCUT2D eigenvalue weighted by Gasteiger charge is 2.65. The molecule has 0 aromatic rings. The maximum Gasteiger partial charge on any atom is 0.0594 e. The monoisotopic (exact) mass is 424 g/mol. The van der Waals surface area contributed by atoms with Crippen LogP contribution in [0, 0.1) is 44.3 Å². The van der Waals surface area contributed by atoms with Crippen molar-refractivity contribution in [3.05, 3.63) is 23.3 Å². The van der Waals surface area contributed by atoms with E-state index in [0.717, 1.165) is 18.8 Å². The second kappa shape index (κ2) is 6.31. The molecule has 174 valence electrons. The predicted octanol–water partition coefficient (Wildman–Crippen LogP) is 8.09. The lowest BCUT2D eigenvalue weighted by molar-refractivity contribution is -0.125. The molecule has 4 saturated carbocycles. The Kier molecular flexibility index (Phi) is 4.53. The summed E-state index contributed by atoms with van der Waals surface area (Å²) in [6.07, 6.45) is 16.7. The zero-order valence-corrected chi connectivity index (χ0v) is 21.7. The van der Waals surface area contributed by atoms with E-state index < -0.39 is 0 Å². The molecule has 0 aromatic heterocycles. The van der Waals surface area contributed by atoms with Crippen LogP contribution in [0.4, 0.5) is 0 Å². The molecule has 31 heavy (non-hydrogen) atoms. The quantitative estimate of drug-likeness (QED) is 0.416. The van der Waals surface area contributed by atoms with Crippen molar-refractivity contribution >= 4 is 0 Å². The summed E-state index contributed by atoms with van der Waals surface area (Å²) in [5, 5.41) is 10.9. The van der Waals surface area contributed by atoms with Gasteiger partial charge in [-0.25, -0.2) is 0 Å². The molecule has 0 spiro atoms. The summed E-state index contributed by atoms with van der Waals surface area (Å²) in [6.45, 7) is 20.2. The SMILES string of the molecule is CC1(C)CC[C@]2(C)CC[C@@]3(C)C(=CC=C4[C@]5(C)CC[C@H](O)C(C)(C)[C@@H]5CC[C@@]43C)[C@@H]2C1. The fraction of sp³-hybridized carbons (Fsp3) is 0.867. The Balaban J connectivity index is 1.63. The van der Waals surface area contributed by atoms with Gasteiger partial charge in [0.1, 0.15) is 0 Å². The second-order valence-electron chi connectivity index (χ2n) is 14.8. The molecule has 0 bridgehead atoms. The second-order valence-corrected chi connectivity index (χ2v) is 14.8. The highest BCUT2D eigenvalue weighted by atomic mass is 16.3. The van der Waals surface area contributed by atoms with E-state index in [1.54, 1.807) is 11.1 Å². The molecular formula is C30H48O. The maximum atomic E-state index is 10.9. The first-order chi connectivity index (χ1) is 14.2. The molecule has 5 aliphatic rings. The lowest BCUT2D eigenvalue weighted by Crippen LogP contribution is -2.60. The van der Waals surface area contributed by atoms with Crippen LogP contribution in [0.3, 0.4) is 0 Å². The molecule has 5 rings (SSSR count). The molecule has 1 nitrogen and oxygen atoms in total. The van der Waals surface area contributed by atoms with Crippen molar-refractivity contribution in [3.8, 4) is 0 Å². The summed E-state index contributed by atoms with van der Waals surface area (Å²) in [7, 11) is 0. The normalized spacial score (nSPS) is 52.6. The van der Waals surface area contributed by atoms with Crippen LogP contribution in [0.5, 0.6) is 0 Å². The largest absolute Gasteiger partial charge is 0.393 e. The topological polar surface area (TPSA) is 20.2 Å². The molecule has 0 aliphatic heterocycles. The van der Waals surface area contributed by atoms with Gasteiger partial charge in [0.25, 0.3) is 0 Å². The number of aliphatic hydroxyl groups excluding tert-OH is 1. The first kappa shape index (κ1) is 22.2. The summed E-state index contributed by atoms with van der Waals surface area (Å²) in [5.74, 6) is 1.34. The molecule has 0 amide bonds. The smallest absolute Gasteiger partial charge is 0.0594 e. The predicted molar refractivity (Wildman–Crippen MR) is 131 cm³/mol. The fourth-order valence-electron chi connectivity index (χ4n) is 9.81. The third-order valence-corrected chi connectivity index (χ3v) is 12.4. The van der Waals surface area contributed by atoms with Gasteiger partial charge in [0.05, 0.1) is 6.10 Å². The van der Waals surface area contributed by atoms with E-state index in [2.05, 4.69) is 67.5 Å². The minimum Gasteiger partial charge on any atom is -0.393 e. The number of fused-ring (bicyclic) bond motifs is 7. The van der Waals surface area contributed by atoms with Crippen LogP contribution in [0.15, 0.2) is 23.3 Å². The molecule has 0 heterocycles. The number of hydrogen-bond acceptors (Lipinski definition) is 1. The summed E-state index contributed by atoms with van der Waals surface area (Å²) >= 11 is 0. The van der Waals surface area contributed by atoms with Gasteiger partial charge in [-0.2, -0.15) is 0 Å². The van der Waals surface area contributed by atoms with E-state index in [1.807, 2.05) is 0 Å². The van der Waals surface area contributed by atoms with E-state index in [0.29, 0.717) is 22.2 Å². The highest BCUT2D eigenvalue weighted by Crippen LogP contribution is 2.74. The summed E-state index contributed by atoms with van der Waals surface area (Å²) in [6, 6.07) is 0. The van der Waals surface area contributed by atoms with Crippen LogP contribution in [-0.4, -0.2) is 11.2 Å². The van der Waals surface area contributed by atoms with Gasteiger partial charge in [-0.05, 0) is 102 Å². The Morgan fingerprint density at radius 3 is 2.13 bits per heavy atom. The van der Waals surface area contributed by atoms with Gasteiger partial charge < -0.3 is 5.11 Å². The van der Waals surface area contributed by atoms with Gasteiger partial charge in [-0.1, -0.05) is 78.7 Å². The molecule has 1 N–H and O–H groups in total. The number of rotatable bonds is 0. The molecule has 0 saturated heterocycles. The Bertz CT molecular complexity index is 844. The first-order valence-corrected chi connectivity index (χ1v) is 13.3. The third kappa shape index (κ3) is 2.71. The van der Waals surface area contributed by atoms with Crippen LogP contribution in [-0.2, 0) is 0 Å². The van der Waals surface area contributed by atoms with E-state index in [4.69, 9.17) is 0 Å². The van der Waals surface area contributed by atoms with Crippen LogP contribution in [0.2, 0.25) is 0 Å². The van der Waals surface area contributed by atoms with Crippen LogP contribution >= 0.6 is 0 Å². The Morgan fingerprint density at radius 2 is 1.42 bits per heavy atom. The summed E-state index contributed by atoms with van der Waals surface area (Å²) in [5.41, 5.74) is 5.32. The van der Waals surface area contributed by atoms with Gasteiger partial charge in [-0.15, -0.1) is 0 Å². The van der Waals surface area contributed by atoms with Crippen LogP contribution < -0.4 is 0 Å². The van der Waals surface area contributed by atoms with Crippen molar-refractivity contribution in [2.24, 2.45) is 44.3 Å².